The first-order chi connectivity index (χ1) is 10.3. The Hall–Kier alpha value is -2.39. The first-order valence-electron chi connectivity index (χ1n) is 7.00. The third-order valence-electron chi connectivity index (χ3n) is 4.12. The van der Waals surface area contributed by atoms with Gasteiger partial charge < -0.3 is 0 Å². The highest BCUT2D eigenvalue weighted by Crippen LogP contribution is 2.40. The minimum Gasteiger partial charge on any atom is -0.232 e. The normalized spacial score (nSPS) is 12.0. The van der Waals surface area contributed by atoms with E-state index in [0.29, 0.717) is 0 Å². The molecule has 3 heterocycles. The van der Waals surface area contributed by atoms with Gasteiger partial charge in [-0.15, -0.1) is 11.3 Å². The number of benzene rings is 2. The summed E-state index contributed by atoms with van der Waals surface area (Å²) in [4.78, 5) is 0. The van der Waals surface area contributed by atoms with Crippen molar-refractivity contribution in [3.63, 3.8) is 0 Å². The third-order valence-corrected chi connectivity index (χ3v) is 5.31. The summed E-state index contributed by atoms with van der Waals surface area (Å²) in [5, 5.41) is 8.52. The Balaban J connectivity index is 2.24. The maximum atomic E-state index is 4.52. The quantitative estimate of drug-likeness (QED) is 0.384. The molecule has 0 radical (unpaired) electrons. The van der Waals surface area contributed by atoms with E-state index in [9.17, 15) is 0 Å². The Morgan fingerprint density at radius 1 is 0.952 bits per heavy atom. The summed E-state index contributed by atoms with van der Waals surface area (Å²) < 4.78 is 4.73. The van der Waals surface area contributed by atoms with Crippen LogP contribution in [0.3, 0.4) is 0 Å². The molecule has 0 atom stereocenters. The van der Waals surface area contributed by atoms with E-state index in [1.165, 1.54) is 42.2 Å². The topological polar surface area (TPSA) is 17.3 Å². The fourth-order valence-electron chi connectivity index (χ4n) is 3.20. The van der Waals surface area contributed by atoms with Gasteiger partial charge in [0.2, 0.25) is 0 Å². The van der Waals surface area contributed by atoms with E-state index in [-0.39, 0.29) is 0 Å². The van der Waals surface area contributed by atoms with Gasteiger partial charge in [-0.05, 0) is 31.2 Å². The van der Waals surface area contributed by atoms with Crippen molar-refractivity contribution in [2.45, 2.75) is 6.92 Å². The highest BCUT2D eigenvalue weighted by atomic mass is 32.1. The number of thiophene rings is 1. The zero-order valence-corrected chi connectivity index (χ0v) is 12.3. The molecule has 0 saturated carbocycles. The summed E-state index contributed by atoms with van der Waals surface area (Å²) in [7, 11) is 0. The number of hydrogen-bond acceptors (Lipinski definition) is 2. The van der Waals surface area contributed by atoms with Gasteiger partial charge in [0.05, 0.1) is 21.9 Å². The number of aromatic nitrogens is 2. The minimum absolute atomic E-state index is 1.18. The van der Waals surface area contributed by atoms with Gasteiger partial charge in [0.15, 0.2) is 0 Å². The van der Waals surface area contributed by atoms with Crippen LogP contribution in [0, 0.1) is 6.92 Å². The molecule has 0 aliphatic heterocycles. The molecule has 0 aliphatic rings. The number of hydrogen-bond donors (Lipinski definition) is 0. The molecule has 5 rings (SSSR count). The monoisotopic (exact) mass is 288 g/mol. The number of nitrogens with zero attached hydrogens (tertiary/aromatic N) is 2. The number of aryl methyl sites for hydroxylation is 1. The standard InChI is InChI=1S/C18H12N2S/c1-11-6-7-14-13(10-11)17-12-4-2-3-5-16(12)21-18(17)15-8-9-19-20(14)15/h2-10H,1H3. The highest BCUT2D eigenvalue weighted by molar-refractivity contribution is 7.26. The first kappa shape index (κ1) is 11.3. The van der Waals surface area contributed by atoms with Crippen molar-refractivity contribution >= 4 is 47.9 Å². The van der Waals surface area contributed by atoms with Crippen molar-refractivity contribution in [1.29, 1.82) is 0 Å². The SMILES string of the molecule is Cc1ccc2c(c1)c1c3ccccc3sc1c1ccnn21. The third kappa shape index (κ3) is 1.39. The lowest BCUT2D eigenvalue weighted by Gasteiger charge is -2.06. The van der Waals surface area contributed by atoms with Crippen LogP contribution < -0.4 is 0 Å². The number of pyridine rings is 1. The van der Waals surface area contributed by atoms with Crippen LogP contribution in [0.15, 0.2) is 54.7 Å². The molecular formula is C18H12N2S. The van der Waals surface area contributed by atoms with Crippen LogP contribution in [-0.2, 0) is 0 Å². The fourth-order valence-corrected chi connectivity index (χ4v) is 4.42. The van der Waals surface area contributed by atoms with E-state index in [0.717, 1.165) is 0 Å². The van der Waals surface area contributed by atoms with Crippen molar-refractivity contribution in [1.82, 2.24) is 9.61 Å². The van der Waals surface area contributed by atoms with Crippen molar-refractivity contribution < 1.29 is 0 Å². The summed E-state index contributed by atoms with van der Waals surface area (Å²) in [6.45, 7) is 2.15. The molecule has 3 aromatic heterocycles. The Morgan fingerprint density at radius 2 is 1.86 bits per heavy atom. The summed E-state index contributed by atoms with van der Waals surface area (Å²) in [6.07, 6.45) is 1.89. The molecular weight excluding hydrogens is 276 g/mol. The average Bonchev–Trinajstić information content (AvgIpc) is 3.11. The maximum absolute atomic E-state index is 4.52. The second-order valence-electron chi connectivity index (χ2n) is 5.45. The lowest BCUT2D eigenvalue weighted by molar-refractivity contribution is 1.01. The van der Waals surface area contributed by atoms with E-state index in [2.05, 4.69) is 65.1 Å². The van der Waals surface area contributed by atoms with E-state index >= 15 is 0 Å². The maximum Gasteiger partial charge on any atom is 0.0847 e. The first-order valence-corrected chi connectivity index (χ1v) is 7.82. The molecule has 0 saturated heterocycles. The zero-order valence-electron chi connectivity index (χ0n) is 11.5. The molecule has 0 fully saturated rings. The van der Waals surface area contributed by atoms with Gasteiger partial charge >= 0.3 is 0 Å². The van der Waals surface area contributed by atoms with Gasteiger partial charge in [0.25, 0.3) is 0 Å². The minimum atomic E-state index is 1.18. The van der Waals surface area contributed by atoms with Crippen LogP contribution in [0.2, 0.25) is 0 Å². The van der Waals surface area contributed by atoms with E-state index in [1.54, 1.807) is 0 Å². The number of fused-ring (bicyclic) bond motifs is 8. The van der Waals surface area contributed by atoms with Gasteiger partial charge in [0.1, 0.15) is 0 Å². The second-order valence-corrected chi connectivity index (χ2v) is 6.50. The Labute approximate surface area is 125 Å². The van der Waals surface area contributed by atoms with Crippen molar-refractivity contribution in [3.05, 3.63) is 60.3 Å². The molecule has 0 amide bonds. The summed E-state index contributed by atoms with van der Waals surface area (Å²) >= 11 is 1.86. The second kappa shape index (κ2) is 3.83. The average molecular weight is 288 g/mol. The number of rotatable bonds is 0. The predicted octanol–water partition coefficient (Wildman–Crippen LogP) is 5.16. The molecule has 0 unspecified atom stereocenters. The summed E-state index contributed by atoms with van der Waals surface area (Å²) in [5.41, 5.74) is 3.66. The predicted molar refractivity (Wildman–Crippen MR) is 90.3 cm³/mol. The van der Waals surface area contributed by atoms with E-state index < -0.39 is 0 Å². The fraction of sp³-hybridized carbons (Fsp3) is 0.0556. The molecule has 100 valence electrons. The molecule has 21 heavy (non-hydrogen) atoms. The molecule has 2 aromatic carbocycles. The zero-order chi connectivity index (χ0) is 14.0. The van der Waals surface area contributed by atoms with Gasteiger partial charge in [-0.2, -0.15) is 5.10 Å². The van der Waals surface area contributed by atoms with Crippen LogP contribution in [0.25, 0.3) is 36.6 Å². The van der Waals surface area contributed by atoms with Crippen molar-refractivity contribution in [2.24, 2.45) is 0 Å². The molecule has 2 nitrogen and oxygen atoms in total. The smallest absolute Gasteiger partial charge is 0.0847 e. The lowest BCUT2D eigenvalue weighted by Crippen LogP contribution is -1.91. The molecule has 3 heteroatoms. The van der Waals surface area contributed by atoms with Gasteiger partial charge in [0, 0.05) is 20.9 Å². The van der Waals surface area contributed by atoms with Crippen LogP contribution in [0.1, 0.15) is 5.56 Å². The van der Waals surface area contributed by atoms with E-state index in [1.807, 2.05) is 17.5 Å². The Kier molecular flexibility index (Phi) is 2.06. The molecule has 0 bridgehead atoms. The molecule has 0 aliphatic carbocycles. The van der Waals surface area contributed by atoms with Gasteiger partial charge in [-0.1, -0.05) is 29.8 Å². The largest absolute Gasteiger partial charge is 0.232 e. The Bertz CT molecular complexity index is 1150. The van der Waals surface area contributed by atoms with Gasteiger partial charge in [-0.25, -0.2) is 4.52 Å². The van der Waals surface area contributed by atoms with Crippen LogP contribution in [0.5, 0.6) is 0 Å². The highest BCUT2D eigenvalue weighted by Gasteiger charge is 2.14. The molecule has 0 N–H and O–H groups in total. The van der Waals surface area contributed by atoms with Crippen LogP contribution >= 0.6 is 11.3 Å². The van der Waals surface area contributed by atoms with Crippen molar-refractivity contribution in [2.75, 3.05) is 0 Å². The summed E-state index contributed by atoms with van der Waals surface area (Å²) in [5.74, 6) is 0. The lowest BCUT2D eigenvalue weighted by atomic mass is 10.0. The molecule has 0 spiro atoms. The van der Waals surface area contributed by atoms with E-state index in [4.69, 9.17) is 0 Å². The Morgan fingerprint density at radius 3 is 2.81 bits per heavy atom. The van der Waals surface area contributed by atoms with Gasteiger partial charge in [-0.3, -0.25) is 0 Å². The molecule has 5 aromatic rings. The van der Waals surface area contributed by atoms with Crippen molar-refractivity contribution in [3.8, 4) is 0 Å². The van der Waals surface area contributed by atoms with Crippen LogP contribution in [-0.4, -0.2) is 9.61 Å². The van der Waals surface area contributed by atoms with Crippen LogP contribution in [0.4, 0.5) is 0 Å². The summed E-state index contributed by atoms with van der Waals surface area (Å²) in [6, 6.07) is 17.4.